The molecule has 0 unspecified atom stereocenters. The molecule has 1 aromatic rings. The quantitative estimate of drug-likeness (QED) is 0.586. The number of rotatable bonds is 9. The van der Waals surface area contributed by atoms with Crippen LogP contribution >= 0.6 is 11.6 Å². The van der Waals surface area contributed by atoms with Gasteiger partial charge < -0.3 is 15.6 Å². The molecule has 2 atom stereocenters. The molecule has 0 spiro atoms. The third kappa shape index (κ3) is 5.36. The molecule has 0 bridgehead atoms. The van der Waals surface area contributed by atoms with Gasteiger partial charge in [-0.2, -0.15) is 4.72 Å². The highest BCUT2D eigenvalue weighted by Gasteiger charge is 2.31. The summed E-state index contributed by atoms with van der Waals surface area (Å²) in [5.41, 5.74) is 4.97. The van der Waals surface area contributed by atoms with Crippen LogP contribution in [0.4, 0.5) is 0 Å². The molecule has 1 aromatic carbocycles. The van der Waals surface area contributed by atoms with Crippen LogP contribution in [0.15, 0.2) is 23.1 Å². The Morgan fingerprint density at radius 2 is 2.04 bits per heavy atom. The molecule has 1 rings (SSSR count). The number of benzene rings is 1. The Morgan fingerprint density at radius 1 is 1.42 bits per heavy atom. The van der Waals surface area contributed by atoms with Crippen molar-refractivity contribution in [2.75, 3.05) is 6.61 Å². The summed E-state index contributed by atoms with van der Waals surface area (Å²) in [4.78, 5) is 21.8. The van der Waals surface area contributed by atoms with Gasteiger partial charge in [-0.1, -0.05) is 31.9 Å². The Balaban J connectivity index is 3.23. The second-order valence-electron chi connectivity index (χ2n) is 5.17. The molecular weight excluding hydrogens is 360 g/mol. The summed E-state index contributed by atoms with van der Waals surface area (Å²) in [5.74, 6) is -2.68. The van der Waals surface area contributed by atoms with Crippen molar-refractivity contribution in [3.63, 3.8) is 0 Å². The van der Waals surface area contributed by atoms with Gasteiger partial charge in [-0.15, -0.1) is 0 Å². The second-order valence-corrected chi connectivity index (χ2v) is 7.29. The molecule has 0 aliphatic carbocycles. The van der Waals surface area contributed by atoms with E-state index in [1.54, 1.807) is 13.8 Å². The first-order valence-electron chi connectivity index (χ1n) is 7.04. The number of hydrogen-bond donors (Lipinski definition) is 3. The smallest absolute Gasteiger partial charge is 0.322 e. The molecule has 24 heavy (non-hydrogen) atoms. The predicted octanol–water partition coefficient (Wildman–Crippen LogP) is 0.982. The first-order valence-corrected chi connectivity index (χ1v) is 8.90. The molecule has 134 valence electrons. The van der Waals surface area contributed by atoms with Crippen molar-refractivity contribution < 1.29 is 27.9 Å². The van der Waals surface area contributed by atoms with E-state index in [1.165, 1.54) is 12.1 Å². The Labute approximate surface area is 145 Å². The normalized spacial score (nSPS) is 14.0. The lowest BCUT2D eigenvalue weighted by molar-refractivity contribution is -0.140. The Bertz CT molecular complexity index is 722. The van der Waals surface area contributed by atoms with Gasteiger partial charge >= 0.3 is 5.97 Å². The summed E-state index contributed by atoms with van der Waals surface area (Å²) in [6.45, 7) is 2.83. The molecule has 10 heteroatoms. The lowest BCUT2D eigenvalue weighted by atomic mass is 10.0. The summed E-state index contributed by atoms with van der Waals surface area (Å²) >= 11 is 5.82. The molecule has 8 nitrogen and oxygen atoms in total. The zero-order valence-electron chi connectivity index (χ0n) is 13.2. The van der Waals surface area contributed by atoms with Crippen molar-refractivity contribution in [2.24, 2.45) is 11.7 Å². The molecular formula is C14H19ClN2O6S. The lowest BCUT2D eigenvalue weighted by Crippen LogP contribution is -2.45. The second kappa shape index (κ2) is 8.32. The standard InChI is InChI=1S/C14H19ClN2O6S/c1-3-8(2)13(14(19)20)17-24(21,22)11-6-9(15)4-5-10(11)23-7-12(16)18/h4-6,8,13,17H,3,7H2,1-2H3,(H2,16,18)(H,19,20)/t8-,13-/m0/s1. The number of carbonyl (C=O) groups is 2. The molecule has 0 aromatic heterocycles. The van der Waals surface area contributed by atoms with Crippen LogP contribution in [0.1, 0.15) is 20.3 Å². The third-order valence-electron chi connectivity index (χ3n) is 3.33. The van der Waals surface area contributed by atoms with Crippen molar-refractivity contribution >= 4 is 33.5 Å². The minimum absolute atomic E-state index is 0.109. The minimum atomic E-state index is -4.25. The molecule has 0 aliphatic heterocycles. The van der Waals surface area contributed by atoms with Gasteiger partial charge in [0.2, 0.25) is 10.0 Å². The van der Waals surface area contributed by atoms with E-state index in [0.29, 0.717) is 6.42 Å². The summed E-state index contributed by atoms with van der Waals surface area (Å²) in [7, 11) is -4.25. The number of carboxylic acids is 1. The van der Waals surface area contributed by atoms with Crippen molar-refractivity contribution in [3.8, 4) is 5.75 Å². The van der Waals surface area contributed by atoms with Gasteiger partial charge in [0, 0.05) is 5.02 Å². The number of ether oxygens (including phenoxy) is 1. The summed E-state index contributed by atoms with van der Waals surface area (Å²) in [5, 5.41) is 9.35. The molecule has 0 saturated heterocycles. The van der Waals surface area contributed by atoms with Crippen LogP contribution in [0.5, 0.6) is 5.75 Å². The Kier molecular flexibility index (Phi) is 7.00. The number of amides is 1. The van der Waals surface area contributed by atoms with Crippen molar-refractivity contribution in [1.82, 2.24) is 4.72 Å². The predicted molar refractivity (Wildman–Crippen MR) is 87.3 cm³/mol. The van der Waals surface area contributed by atoms with Gasteiger partial charge in [-0.25, -0.2) is 8.42 Å². The number of carboxylic acid groups (broad SMARTS) is 1. The van der Waals surface area contributed by atoms with E-state index in [2.05, 4.69) is 4.72 Å². The van der Waals surface area contributed by atoms with Crippen LogP contribution in [0, 0.1) is 5.92 Å². The van der Waals surface area contributed by atoms with Crippen molar-refractivity contribution in [1.29, 1.82) is 0 Å². The number of primary amides is 1. The van der Waals surface area contributed by atoms with Crippen LogP contribution in [0.25, 0.3) is 0 Å². The van der Waals surface area contributed by atoms with E-state index in [9.17, 15) is 23.1 Å². The number of hydrogen-bond acceptors (Lipinski definition) is 5. The van der Waals surface area contributed by atoms with Gasteiger partial charge in [-0.05, 0) is 24.1 Å². The maximum Gasteiger partial charge on any atom is 0.322 e. The highest BCUT2D eigenvalue weighted by atomic mass is 35.5. The van der Waals surface area contributed by atoms with Crippen molar-refractivity contribution in [2.45, 2.75) is 31.2 Å². The van der Waals surface area contributed by atoms with Gasteiger partial charge in [0.05, 0.1) is 0 Å². The van der Waals surface area contributed by atoms with Crippen molar-refractivity contribution in [3.05, 3.63) is 23.2 Å². The molecule has 0 fully saturated rings. The first kappa shape index (κ1) is 20.2. The molecule has 0 aliphatic rings. The van der Waals surface area contributed by atoms with E-state index in [1.807, 2.05) is 0 Å². The van der Waals surface area contributed by atoms with E-state index < -0.39 is 40.5 Å². The van der Waals surface area contributed by atoms with Gasteiger partial charge in [-0.3, -0.25) is 9.59 Å². The molecule has 0 heterocycles. The van der Waals surface area contributed by atoms with Crippen LogP contribution in [-0.2, 0) is 19.6 Å². The summed E-state index contributed by atoms with van der Waals surface area (Å²) in [6, 6.07) is 2.43. The average Bonchev–Trinajstić information content (AvgIpc) is 2.50. The molecule has 0 saturated carbocycles. The lowest BCUT2D eigenvalue weighted by Gasteiger charge is -2.21. The fourth-order valence-corrected chi connectivity index (χ4v) is 3.54. The van der Waals surface area contributed by atoms with Gasteiger partial charge in [0.1, 0.15) is 16.7 Å². The van der Waals surface area contributed by atoms with Crippen LogP contribution in [-0.4, -0.2) is 38.0 Å². The maximum absolute atomic E-state index is 12.6. The Morgan fingerprint density at radius 3 is 2.54 bits per heavy atom. The highest BCUT2D eigenvalue weighted by molar-refractivity contribution is 7.89. The minimum Gasteiger partial charge on any atom is -0.482 e. The van der Waals surface area contributed by atoms with Gasteiger partial charge in [0.25, 0.3) is 5.91 Å². The zero-order chi connectivity index (χ0) is 18.5. The maximum atomic E-state index is 12.6. The number of halogens is 1. The number of aliphatic carboxylic acids is 1. The largest absolute Gasteiger partial charge is 0.482 e. The van der Waals surface area contributed by atoms with E-state index in [4.69, 9.17) is 22.1 Å². The summed E-state index contributed by atoms with van der Waals surface area (Å²) < 4.78 is 32.3. The molecule has 0 radical (unpaired) electrons. The Hall–Kier alpha value is -1.84. The first-order chi connectivity index (χ1) is 11.1. The zero-order valence-corrected chi connectivity index (χ0v) is 14.7. The van der Waals surface area contributed by atoms with Crippen LogP contribution in [0.2, 0.25) is 5.02 Å². The number of nitrogens with one attached hydrogen (secondary N) is 1. The third-order valence-corrected chi connectivity index (χ3v) is 5.02. The van der Waals surface area contributed by atoms with E-state index in [-0.39, 0.29) is 15.7 Å². The van der Waals surface area contributed by atoms with Gasteiger partial charge in [0.15, 0.2) is 6.61 Å². The summed E-state index contributed by atoms with van der Waals surface area (Å²) in [6.07, 6.45) is 0.458. The van der Waals surface area contributed by atoms with E-state index >= 15 is 0 Å². The average molecular weight is 379 g/mol. The number of sulfonamides is 1. The SMILES string of the molecule is CC[C@H](C)[C@H](NS(=O)(=O)c1cc(Cl)ccc1OCC(N)=O)C(=O)O. The van der Waals surface area contributed by atoms with E-state index in [0.717, 1.165) is 6.07 Å². The topological polar surface area (TPSA) is 136 Å². The molecule has 1 amide bonds. The fourth-order valence-electron chi connectivity index (χ4n) is 1.84. The number of nitrogens with two attached hydrogens (primary N) is 1. The van der Waals surface area contributed by atoms with Crippen LogP contribution in [0.3, 0.4) is 0 Å². The monoisotopic (exact) mass is 378 g/mol. The van der Waals surface area contributed by atoms with Crippen LogP contribution < -0.4 is 15.2 Å². The highest BCUT2D eigenvalue weighted by Crippen LogP contribution is 2.28. The number of carbonyl (C=O) groups excluding carboxylic acids is 1. The molecule has 4 N–H and O–H groups in total. The fraction of sp³-hybridized carbons (Fsp3) is 0.429.